The number of rotatable bonds is 1. The average Bonchev–Trinajstić information content (AvgIpc) is 2.77. The number of hydrogen-bond acceptors (Lipinski definition) is 1. The Balaban J connectivity index is 1.95. The van der Waals surface area contributed by atoms with E-state index in [1.54, 1.807) is 0 Å². The standard InChI is InChI=1S/C13H16N2/c1-2-7-14-12(3-1)11-5-4-10-6-8-15-13(10)9-11/h4-6,8-9,12,14-15H,1-3,7H2/t12-/m1/s1. The maximum Gasteiger partial charge on any atom is 0.0457 e. The van der Waals surface area contributed by atoms with Crippen LogP contribution in [0.1, 0.15) is 30.9 Å². The van der Waals surface area contributed by atoms with Gasteiger partial charge in [-0.05, 0) is 42.5 Å². The fourth-order valence-corrected chi connectivity index (χ4v) is 2.42. The first-order valence-corrected chi connectivity index (χ1v) is 5.74. The third kappa shape index (κ3) is 1.65. The van der Waals surface area contributed by atoms with Gasteiger partial charge >= 0.3 is 0 Å². The van der Waals surface area contributed by atoms with Crippen molar-refractivity contribution in [3.05, 3.63) is 36.0 Å². The van der Waals surface area contributed by atoms with Crippen LogP contribution in [0.5, 0.6) is 0 Å². The fraction of sp³-hybridized carbons (Fsp3) is 0.385. The Kier molecular flexibility index (Phi) is 2.22. The monoisotopic (exact) mass is 200 g/mol. The number of aromatic amines is 1. The van der Waals surface area contributed by atoms with Gasteiger partial charge in [0.05, 0.1) is 0 Å². The summed E-state index contributed by atoms with van der Waals surface area (Å²) >= 11 is 0. The summed E-state index contributed by atoms with van der Waals surface area (Å²) in [6.45, 7) is 1.16. The quantitative estimate of drug-likeness (QED) is 0.727. The molecule has 0 unspecified atom stereocenters. The van der Waals surface area contributed by atoms with Crippen molar-refractivity contribution in [2.45, 2.75) is 25.3 Å². The molecule has 2 aromatic rings. The Bertz CT molecular complexity index is 452. The molecule has 1 aliphatic heterocycles. The molecule has 1 aliphatic rings. The first-order valence-electron chi connectivity index (χ1n) is 5.74. The largest absolute Gasteiger partial charge is 0.361 e. The summed E-state index contributed by atoms with van der Waals surface area (Å²) in [7, 11) is 0. The molecule has 2 nitrogen and oxygen atoms in total. The summed E-state index contributed by atoms with van der Waals surface area (Å²) in [5, 5.41) is 4.88. The Morgan fingerprint density at radius 2 is 2.13 bits per heavy atom. The smallest absolute Gasteiger partial charge is 0.0457 e. The van der Waals surface area contributed by atoms with Crippen molar-refractivity contribution in [3.8, 4) is 0 Å². The zero-order chi connectivity index (χ0) is 10.1. The molecule has 15 heavy (non-hydrogen) atoms. The number of fused-ring (bicyclic) bond motifs is 1. The minimum Gasteiger partial charge on any atom is -0.361 e. The van der Waals surface area contributed by atoms with Crippen molar-refractivity contribution in [1.29, 1.82) is 0 Å². The van der Waals surface area contributed by atoms with E-state index in [0.717, 1.165) is 6.54 Å². The first-order chi connectivity index (χ1) is 7.43. The van der Waals surface area contributed by atoms with Crippen LogP contribution in [-0.4, -0.2) is 11.5 Å². The topological polar surface area (TPSA) is 27.8 Å². The van der Waals surface area contributed by atoms with Crippen molar-refractivity contribution in [3.63, 3.8) is 0 Å². The van der Waals surface area contributed by atoms with E-state index in [4.69, 9.17) is 0 Å². The number of aromatic nitrogens is 1. The predicted octanol–water partition coefficient (Wildman–Crippen LogP) is 2.98. The van der Waals surface area contributed by atoms with E-state index in [0.29, 0.717) is 6.04 Å². The van der Waals surface area contributed by atoms with E-state index in [1.807, 2.05) is 6.20 Å². The number of nitrogens with one attached hydrogen (secondary N) is 2. The lowest BCUT2D eigenvalue weighted by Gasteiger charge is -2.23. The summed E-state index contributed by atoms with van der Waals surface area (Å²) in [5.74, 6) is 0. The molecule has 3 rings (SSSR count). The maximum absolute atomic E-state index is 3.58. The zero-order valence-electron chi connectivity index (χ0n) is 8.79. The van der Waals surface area contributed by atoms with Crippen LogP contribution >= 0.6 is 0 Å². The van der Waals surface area contributed by atoms with Crippen molar-refractivity contribution >= 4 is 10.9 Å². The minimum absolute atomic E-state index is 0.562. The highest BCUT2D eigenvalue weighted by Gasteiger charge is 2.14. The number of hydrogen-bond donors (Lipinski definition) is 2. The van der Waals surface area contributed by atoms with E-state index in [9.17, 15) is 0 Å². The minimum atomic E-state index is 0.562. The van der Waals surface area contributed by atoms with E-state index in [2.05, 4.69) is 34.6 Å². The third-order valence-electron chi connectivity index (χ3n) is 3.29. The highest BCUT2D eigenvalue weighted by molar-refractivity contribution is 5.79. The van der Waals surface area contributed by atoms with E-state index in [-0.39, 0.29) is 0 Å². The Hall–Kier alpha value is -1.28. The van der Waals surface area contributed by atoms with Crippen molar-refractivity contribution < 1.29 is 0 Å². The van der Waals surface area contributed by atoms with Gasteiger partial charge in [-0.25, -0.2) is 0 Å². The van der Waals surface area contributed by atoms with Gasteiger partial charge in [0.25, 0.3) is 0 Å². The van der Waals surface area contributed by atoms with Crippen LogP contribution in [0.4, 0.5) is 0 Å². The lowest BCUT2D eigenvalue weighted by molar-refractivity contribution is 0.412. The van der Waals surface area contributed by atoms with Gasteiger partial charge in [-0.2, -0.15) is 0 Å². The van der Waals surface area contributed by atoms with Gasteiger partial charge in [-0.1, -0.05) is 18.6 Å². The molecule has 0 aliphatic carbocycles. The molecule has 1 atom stereocenters. The molecule has 2 N–H and O–H groups in total. The van der Waals surface area contributed by atoms with E-state index < -0.39 is 0 Å². The molecule has 0 spiro atoms. The average molecular weight is 200 g/mol. The first kappa shape index (κ1) is 8.98. The molecular formula is C13H16N2. The third-order valence-corrected chi connectivity index (χ3v) is 3.29. The van der Waals surface area contributed by atoms with Crippen molar-refractivity contribution in [2.75, 3.05) is 6.54 Å². The van der Waals surface area contributed by atoms with E-state index in [1.165, 1.54) is 35.7 Å². The summed E-state index contributed by atoms with van der Waals surface area (Å²) in [5.41, 5.74) is 2.67. The predicted molar refractivity (Wildman–Crippen MR) is 62.9 cm³/mol. The van der Waals surface area contributed by atoms with Crippen LogP contribution in [0.25, 0.3) is 10.9 Å². The van der Waals surface area contributed by atoms with Gasteiger partial charge in [0.15, 0.2) is 0 Å². The molecule has 0 saturated carbocycles. The summed E-state index contributed by atoms with van der Waals surface area (Å²) in [6.07, 6.45) is 5.94. The molecule has 0 amide bonds. The molecule has 1 saturated heterocycles. The summed E-state index contributed by atoms with van der Waals surface area (Å²) in [4.78, 5) is 3.27. The molecule has 2 heterocycles. The fourth-order valence-electron chi connectivity index (χ4n) is 2.42. The highest BCUT2D eigenvalue weighted by atomic mass is 14.9. The molecular weight excluding hydrogens is 184 g/mol. The summed E-state index contributed by atoms with van der Waals surface area (Å²) in [6, 6.07) is 9.41. The highest BCUT2D eigenvalue weighted by Crippen LogP contribution is 2.25. The van der Waals surface area contributed by atoms with Crippen LogP contribution in [-0.2, 0) is 0 Å². The second kappa shape index (κ2) is 3.70. The van der Waals surface area contributed by atoms with Crippen molar-refractivity contribution in [2.24, 2.45) is 0 Å². The van der Waals surface area contributed by atoms with Gasteiger partial charge in [-0.3, -0.25) is 0 Å². The number of benzene rings is 1. The number of H-pyrrole nitrogens is 1. The Morgan fingerprint density at radius 3 is 3.00 bits per heavy atom. The molecule has 0 bridgehead atoms. The van der Waals surface area contributed by atoms with Crippen LogP contribution in [0.15, 0.2) is 30.5 Å². The Labute approximate surface area is 89.7 Å². The van der Waals surface area contributed by atoms with Gasteiger partial charge in [-0.15, -0.1) is 0 Å². The normalized spacial score (nSPS) is 22.0. The second-order valence-electron chi connectivity index (χ2n) is 4.33. The molecule has 1 fully saturated rings. The molecule has 0 radical (unpaired) electrons. The van der Waals surface area contributed by atoms with Gasteiger partial charge in [0.2, 0.25) is 0 Å². The van der Waals surface area contributed by atoms with Crippen LogP contribution in [0.2, 0.25) is 0 Å². The Morgan fingerprint density at radius 1 is 1.13 bits per heavy atom. The number of piperidine rings is 1. The van der Waals surface area contributed by atoms with Crippen LogP contribution in [0, 0.1) is 0 Å². The molecule has 1 aromatic heterocycles. The van der Waals surface area contributed by atoms with Gasteiger partial charge < -0.3 is 10.3 Å². The second-order valence-corrected chi connectivity index (χ2v) is 4.33. The summed E-state index contributed by atoms with van der Waals surface area (Å²) < 4.78 is 0. The van der Waals surface area contributed by atoms with Gasteiger partial charge in [0.1, 0.15) is 0 Å². The maximum atomic E-state index is 3.58. The van der Waals surface area contributed by atoms with Crippen molar-refractivity contribution in [1.82, 2.24) is 10.3 Å². The lowest BCUT2D eigenvalue weighted by Crippen LogP contribution is -2.26. The van der Waals surface area contributed by atoms with Crippen LogP contribution in [0.3, 0.4) is 0 Å². The molecule has 1 aromatic carbocycles. The van der Waals surface area contributed by atoms with E-state index >= 15 is 0 Å². The SMILES string of the molecule is c1cc2ccc([C@H]3CCCCN3)cc2[nH]1. The van der Waals surface area contributed by atoms with Gasteiger partial charge in [0, 0.05) is 17.8 Å². The zero-order valence-corrected chi connectivity index (χ0v) is 8.79. The molecule has 78 valence electrons. The lowest BCUT2D eigenvalue weighted by atomic mass is 9.97. The van der Waals surface area contributed by atoms with Crippen LogP contribution < -0.4 is 5.32 Å². The molecule has 2 heteroatoms.